The summed E-state index contributed by atoms with van der Waals surface area (Å²) in [6, 6.07) is -0.106. The summed E-state index contributed by atoms with van der Waals surface area (Å²) >= 11 is 0. The predicted molar refractivity (Wildman–Crippen MR) is 74.0 cm³/mol. The van der Waals surface area contributed by atoms with Gasteiger partial charge < -0.3 is 9.88 Å². The SMILES string of the molecule is O=C(N[C@@H]1CCc2nccn2C1)[C@@H]1CCCC[C@@H]1C(F)(F)F. The standard InChI is InChI=1S/C15H20F3N3O/c16-15(17,18)12-4-2-1-3-11(12)14(22)20-10-5-6-13-19-7-8-21(13)9-10/h7-8,10-12H,1-6,9H2,(H,20,22)/t10-,11-,12+/m1/s1. The maximum atomic E-state index is 13.1. The lowest BCUT2D eigenvalue weighted by Gasteiger charge is -2.34. The number of rotatable bonds is 2. The molecule has 0 bridgehead atoms. The van der Waals surface area contributed by atoms with Crippen LogP contribution in [-0.2, 0) is 17.8 Å². The summed E-state index contributed by atoms with van der Waals surface area (Å²) in [5, 5.41) is 2.83. The van der Waals surface area contributed by atoms with Crippen molar-refractivity contribution in [1.82, 2.24) is 14.9 Å². The van der Waals surface area contributed by atoms with E-state index in [9.17, 15) is 18.0 Å². The summed E-state index contributed by atoms with van der Waals surface area (Å²) in [6.45, 7) is 0.588. The van der Waals surface area contributed by atoms with Crippen molar-refractivity contribution in [2.45, 2.75) is 57.3 Å². The first-order chi connectivity index (χ1) is 10.4. The lowest BCUT2D eigenvalue weighted by Crippen LogP contribution is -2.48. The molecule has 4 nitrogen and oxygen atoms in total. The first-order valence-electron chi connectivity index (χ1n) is 7.82. The van der Waals surface area contributed by atoms with E-state index in [0.29, 0.717) is 25.8 Å². The summed E-state index contributed by atoms with van der Waals surface area (Å²) in [5.74, 6) is -1.89. The topological polar surface area (TPSA) is 46.9 Å². The van der Waals surface area contributed by atoms with Gasteiger partial charge in [0.1, 0.15) is 5.82 Å². The number of aryl methyl sites for hydroxylation is 1. The van der Waals surface area contributed by atoms with Gasteiger partial charge in [0, 0.05) is 37.3 Å². The highest BCUT2D eigenvalue weighted by molar-refractivity contribution is 5.79. The Bertz CT molecular complexity index is 540. The maximum Gasteiger partial charge on any atom is 0.392 e. The Hall–Kier alpha value is -1.53. The van der Waals surface area contributed by atoms with Crippen LogP contribution in [0.3, 0.4) is 0 Å². The third-order valence-corrected chi connectivity index (χ3v) is 4.80. The number of nitrogens with zero attached hydrogens (tertiary/aromatic N) is 2. The largest absolute Gasteiger partial charge is 0.392 e. The number of fused-ring (bicyclic) bond motifs is 1. The maximum absolute atomic E-state index is 13.1. The molecule has 22 heavy (non-hydrogen) atoms. The first-order valence-corrected chi connectivity index (χ1v) is 7.82. The molecule has 122 valence electrons. The molecule has 1 N–H and O–H groups in total. The number of amides is 1. The summed E-state index contributed by atoms with van der Waals surface area (Å²) in [5.41, 5.74) is 0. The summed E-state index contributed by atoms with van der Waals surface area (Å²) < 4.78 is 41.2. The molecule has 1 aliphatic carbocycles. The minimum atomic E-state index is -4.29. The van der Waals surface area contributed by atoms with Gasteiger partial charge in [0.05, 0.1) is 5.92 Å². The second kappa shape index (κ2) is 5.93. The van der Waals surface area contributed by atoms with Crippen LogP contribution < -0.4 is 5.32 Å². The van der Waals surface area contributed by atoms with E-state index in [2.05, 4.69) is 10.3 Å². The second-order valence-corrected chi connectivity index (χ2v) is 6.28. The third-order valence-electron chi connectivity index (χ3n) is 4.80. The van der Waals surface area contributed by atoms with Crippen molar-refractivity contribution >= 4 is 5.91 Å². The van der Waals surface area contributed by atoms with Crippen LogP contribution >= 0.6 is 0 Å². The summed E-state index contributed by atoms with van der Waals surface area (Å²) in [4.78, 5) is 16.5. The highest BCUT2D eigenvalue weighted by atomic mass is 19.4. The smallest absolute Gasteiger partial charge is 0.351 e. The molecule has 1 saturated carbocycles. The minimum Gasteiger partial charge on any atom is -0.351 e. The number of carbonyl (C=O) groups excluding carboxylic acids is 1. The molecule has 3 atom stereocenters. The van der Waals surface area contributed by atoms with Crippen LogP contribution in [0.25, 0.3) is 0 Å². The molecule has 2 aliphatic rings. The molecular formula is C15H20F3N3O. The number of hydrogen-bond acceptors (Lipinski definition) is 2. The Balaban J connectivity index is 1.64. The van der Waals surface area contributed by atoms with E-state index in [1.54, 1.807) is 6.20 Å². The molecule has 1 fully saturated rings. The van der Waals surface area contributed by atoms with Crippen molar-refractivity contribution in [3.05, 3.63) is 18.2 Å². The zero-order chi connectivity index (χ0) is 15.7. The normalized spacial score (nSPS) is 29.0. The number of aromatic nitrogens is 2. The van der Waals surface area contributed by atoms with E-state index in [0.717, 1.165) is 18.7 Å². The van der Waals surface area contributed by atoms with E-state index in [1.807, 2.05) is 10.8 Å². The van der Waals surface area contributed by atoms with Crippen LogP contribution in [0, 0.1) is 11.8 Å². The van der Waals surface area contributed by atoms with Gasteiger partial charge in [-0.25, -0.2) is 4.98 Å². The van der Waals surface area contributed by atoms with E-state index in [1.165, 1.54) is 0 Å². The molecule has 0 aromatic carbocycles. The van der Waals surface area contributed by atoms with Gasteiger partial charge in [-0.05, 0) is 19.3 Å². The second-order valence-electron chi connectivity index (χ2n) is 6.28. The average molecular weight is 315 g/mol. The molecule has 0 unspecified atom stereocenters. The first kappa shape index (κ1) is 15.4. The number of imidazole rings is 1. The van der Waals surface area contributed by atoms with Gasteiger partial charge in [0.15, 0.2) is 0 Å². The van der Waals surface area contributed by atoms with Crippen LogP contribution in [0.5, 0.6) is 0 Å². The predicted octanol–water partition coefficient (Wildman–Crippen LogP) is 2.68. The highest BCUT2D eigenvalue weighted by Crippen LogP contribution is 2.41. The number of halogens is 3. The van der Waals surface area contributed by atoms with Crippen molar-refractivity contribution in [2.24, 2.45) is 11.8 Å². The molecule has 1 amide bonds. The number of nitrogens with one attached hydrogen (secondary N) is 1. The summed E-state index contributed by atoms with van der Waals surface area (Å²) in [6.07, 6.45) is 2.38. The quantitative estimate of drug-likeness (QED) is 0.912. The van der Waals surface area contributed by atoms with Gasteiger partial charge in [-0.15, -0.1) is 0 Å². The fourth-order valence-corrected chi connectivity index (χ4v) is 3.63. The van der Waals surface area contributed by atoms with E-state index in [-0.39, 0.29) is 12.5 Å². The van der Waals surface area contributed by atoms with Crippen LogP contribution in [0.4, 0.5) is 13.2 Å². The summed E-state index contributed by atoms with van der Waals surface area (Å²) in [7, 11) is 0. The molecule has 7 heteroatoms. The molecule has 1 aromatic heterocycles. The molecule has 1 aliphatic heterocycles. The average Bonchev–Trinajstić information content (AvgIpc) is 2.94. The zero-order valence-corrected chi connectivity index (χ0v) is 12.3. The van der Waals surface area contributed by atoms with Crippen molar-refractivity contribution in [1.29, 1.82) is 0 Å². The molecular weight excluding hydrogens is 295 g/mol. The fraction of sp³-hybridized carbons (Fsp3) is 0.733. The molecule has 3 rings (SSSR count). The Labute approximate surface area is 127 Å². The molecule has 0 radical (unpaired) electrons. The van der Waals surface area contributed by atoms with Crippen LogP contribution in [-0.4, -0.2) is 27.7 Å². The van der Waals surface area contributed by atoms with Gasteiger partial charge >= 0.3 is 6.18 Å². The van der Waals surface area contributed by atoms with Gasteiger partial charge in [0.25, 0.3) is 0 Å². The van der Waals surface area contributed by atoms with Gasteiger partial charge in [-0.2, -0.15) is 13.2 Å². The molecule has 2 heterocycles. The number of alkyl halides is 3. The van der Waals surface area contributed by atoms with Crippen molar-refractivity contribution < 1.29 is 18.0 Å². The van der Waals surface area contributed by atoms with Gasteiger partial charge in [0.2, 0.25) is 5.91 Å². The van der Waals surface area contributed by atoms with Crippen molar-refractivity contribution in [3.63, 3.8) is 0 Å². The monoisotopic (exact) mass is 315 g/mol. The van der Waals surface area contributed by atoms with Crippen LogP contribution in [0.15, 0.2) is 12.4 Å². The minimum absolute atomic E-state index is 0.0674. The van der Waals surface area contributed by atoms with Gasteiger partial charge in [-0.3, -0.25) is 4.79 Å². The Morgan fingerprint density at radius 3 is 2.82 bits per heavy atom. The van der Waals surface area contributed by atoms with Gasteiger partial charge in [-0.1, -0.05) is 12.8 Å². The Morgan fingerprint density at radius 1 is 1.27 bits per heavy atom. The third kappa shape index (κ3) is 3.13. The number of carbonyl (C=O) groups is 1. The molecule has 0 saturated heterocycles. The number of hydrogen-bond donors (Lipinski definition) is 1. The van der Waals surface area contributed by atoms with E-state index < -0.39 is 23.9 Å². The van der Waals surface area contributed by atoms with Crippen molar-refractivity contribution in [2.75, 3.05) is 0 Å². The highest BCUT2D eigenvalue weighted by Gasteiger charge is 2.48. The van der Waals surface area contributed by atoms with Crippen molar-refractivity contribution in [3.8, 4) is 0 Å². The van der Waals surface area contributed by atoms with E-state index in [4.69, 9.17) is 0 Å². The fourth-order valence-electron chi connectivity index (χ4n) is 3.63. The zero-order valence-electron chi connectivity index (χ0n) is 12.3. The Kier molecular flexibility index (Phi) is 4.14. The lowest BCUT2D eigenvalue weighted by molar-refractivity contribution is -0.198. The molecule has 0 spiro atoms. The lowest BCUT2D eigenvalue weighted by atomic mass is 9.78. The molecule has 1 aromatic rings. The van der Waals surface area contributed by atoms with E-state index >= 15 is 0 Å². The van der Waals surface area contributed by atoms with Crippen LogP contribution in [0.2, 0.25) is 0 Å². The van der Waals surface area contributed by atoms with Crippen LogP contribution in [0.1, 0.15) is 37.9 Å². The Morgan fingerprint density at radius 2 is 2.05 bits per heavy atom.